The lowest BCUT2D eigenvalue weighted by atomic mass is 9.98. The molecule has 424 valence electrons. The van der Waals surface area contributed by atoms with Gasteiger partial charge < -0.3 is 35.2 Å². The van der Waals surface area contributed by atoms with Crippen molar-refractivity contribution < 1.29 is 47.8 Å². The number of anilines is 2. The smallest absolute Gasteiger partial charge is 0.324 e. The van der Waals surface area contributed by atoms with Crippen LogP contribution in [0.3, 0.4) is 0 Å². The molecule has 5 N–H and O–H groups in total. The summed E-state index contributed by atoms with van der Waals surface area (Å²) in [6.07, 6.45) is 7.36. The number of amides is 7. The number of fused-ring (bicyclic) bond motifs is 2. The third kappa shape index (κ3) is 14.1. The zero-order chi connectivity index (χ0) is 58.4. The van der Waals surface area contributed by atoms with Crippen LogP contribution in [-0.4, -0.2) is 160 Å². The lowest BCUT2D eigenvalue weighted by Gasteiger charge is -2.26. The van der Waals surface area contributed by atoms with E-state index in [4.69, 9.17) is 15.5 Å². The van der Waals surface area contributed by atoms with Crippen LogP contribution in [-0.2, 0) is 14.4 Å². The van der Waals surface area contributed by atoms with Crippen LogP contribution in [0.4, 0.5) is 36.7 Å². The molecule has 0 atom stereocenters. The summed E-state index contributed by atoms with van der Waals surface area (Å²) in [5, 5.41) is 9.45. The molecule has 20 nitrogen and oxygen atoms in total. The summed E-state index contributed by atoms with van der Waals surface area (Å²) < 4.78 is 22.1. The number of likely N-dealkylation sites (N-methyl/N-ethyl adjacent to an activating group) is 2. The Bertz CT molecular complexity index is 3140. The van der Waals surface area contributed by atoms with Crippen molar-refractivity contribution in [1.29, 1.82) is 0 Å². The largest absolute Gasteiger partial charge is 0.496 e. The molecule has 4 aromatic rings. The van der Waals surface area contributed by atoms with Crippen LogP contribution in [0.1, 0.15) is 98.1 Å². The summed E-state index contributed by atoms with van der Waals surface area (Å²) in [4.78, 5) is 111. The number of halogens is 1. The first-order chi connectivity index (χ1) is 38.3. The van der Waals surface area contributed by atoms with Crippen molar-refractivity contribution in [2.75, 3.05) is 91.0 Å². The molecule has 4 aromatic carbocycles. The summed E-state index contributed by atoms with van der Waals surface area (Å²) >= 11 is 0. The van der Waals surface area contributed by atoms with Crippen LogP contribution >= 0.6 is 0 Å². The highest BCUT2D eigenvalue weighted by molar-refractivity contribution is 6.08. The first-order valence-corrected chi connectivity index (χ1v) is 26.6. The normalized spacial score (nSPS) is 12.6. The topological polar surface area (TPSA) is 243 Å². The first-order valence-electron chi connectivity index (χ1n) is 26.6. The summed E-state index contributed by atoms with van der Waals surface area (Å²) in [5.74, 6) is -1.11. The van der Waals surface area contributed by atoms with E-state index in [1.807, 2.05) is 27.7 Å². The fourth-order valence-corrected chi connectivity index (χ4v) is 9.51. The third-order valence-electron chi connectivity index (χ3n) is 13.5. The van der Waals surface area contributed by atoms with Crippen LogP contribution in [0, 0.1) is 5.82 Å². The second-order valence-corrected chi connectivity index (χ2v) is 19.6. The van der Waals surface area contributed by atoms with Gasteiger partial charge in [0.15, 0.2) is 12.6 Å². The van der Waals surface area contributed by atoms with Gasteiger partial charge in [-0.15, -0.1) is 0 Å². The van der Waals surface area contributed by atoms with Gasteiger partial charge in [0.05, 0.1) is 36.5 Å². The number of nitrogens with one attached hydrogen (secondary N) is 2. The van der Waals surface area contributed by atoms with Gasteiger partial charge in [-0.3, -0.25) is 44.6 Å². The molecular formula is C59H72FN11O9. The van der Waals surface area contributed by atoms with Gasteiger partial charge in [0, 0.05) is 107 Å². The lowest BCUT2D eigenvalue weighted by molar-refractivity contribution is -0.128. The number of ether oxygens (including phenoxy) is 1. The second-order valence-electron chi connectivity index (χ2n) is 19.6. The minimum atomic E-state index is -0.673. The van der Waals surface area contributed by atoms with Gasteiger partial charge in [-0.2, -0.15) is 0 Å². The Balaban J connectivity index is 1.26. The van der Waals surface area contributed by atoms with Crippen LogP contribution < -0.4 is 31.1 Å². The van der Waals surface area contributed by atoms with E-state index in [0.29, 0.717) is 108 Å². The number of aliphatic imine (C=N–C) groups is 2. The van der Waals surface area contributed by atoms with E-state index in [9.17, 15) is 38.7 Å². The van der Waals surface area contributed by atoms with Gasteiger partial charge in [0.25, 0.3) is 5.91 Å². The monoisotopic (exact) mass is 1100 g/mol. The van der Waals surface area contributed by atoms with E-state index in [1.165, 1.54) is 68.2 Å². The van der Waals surface area contributed by atoms with E-state index in [1.54, 1.807) is 64.4 Å². The number of carbonyl (C=O) groups is 7. The number of hydrazine groups is 1. The van der Waals surface area contributed by atoms with Crippen LogP contribution in [0.25, 0.3) is 34.4 Å². The molecule has 0 saturated heterocycles. The number of amidine groups is 2. The lowest BCUT2D eigenvalue weighted by Crippen LogP contribution is -2.49. The number of nitrogens with two attached hydrogens (primary N) is 1. The molecule has 7 amide bonds. The maximum atomic E-state index is 16.1. The number of methoxy groups -OCH3 is 1. The molecule has 2 aliphatic heterocycles. The molecular weight excluding hydrogens is 1030 g/mol. The zero-order valence-corrected chi connectivity index (χ0v) is 47.0. The van der Waals surface area contributed by atoms with Crippen LogP contribution in [0.5, 0.6) is 5.75 Å². The van der Waals surface area contributed by atoms with Gasteiger partial charge in [-0.1, -0.05) is 39.8 Å². The standard InChI is InChI=1S/C59H72FN11O9/c1-10-18-70(19-11-2)56(76)43-24-45-47(60)26-41(27-48(45)62-53(61)32-43)37-14-16-40(36-74)51(29-37)69(8)59(79)67(6)34-55(75)65-64-54-33-44(57(77)71(20-12-3)21-13-4)25-46-49(63-54)28-42(31-52(46)80-9)38-15-17-39(35-73)50(30-38)68(7)58(78)66(5)22-23-72/h14-17,24-31,35-36,72H,10-13,18-23,32-34H2,1-9H3,(H2,61,62)(H,63,64)(H,65,75). The van der Waals surface area contributed by atoms with Gasteiger partial charge in [0.1, 0.15) is 29.8 Å². The number of nitrogens with zero attached hydrogens (tertiary/aromatic N) is 8. The number of hydrogen-bond donors (Lipinski definition) is 4. The number of hydrogen-bond acceptors (Lipinski definition) is 13. The SMILES string of the molecule is CCCN(CCC)C(=O)C1=Cc2c(F)cc(-c3ccc(C=O)c(N(C)C(=O)N(C)CC(=O)NNC4=Nc5cc(-c6ccc(C=O)c(N(C)C(=O)N(C)CCO)c6)cc(OC)c5C=C(C(=O)N(CCC)CCC)C4)c3)cc2N=C(N)C1. The Kier molecular flexibility index (Phi) is 21.0. The Hall–Kier alpha value is -8.72. The predicted molar refractivity (Wildman–Crippen MR) is 310 cm³/mol. The average molecular weight is 1100 g/mol. The van der Waals surface area contributed by atoms with Crippen molar-refractivity contribution in [2.45, 2.75) is 66.2 Å². The quantitative estimate of drug-likeness (QED) is 0.0461. The number of benzene rings is 4. The van der Waals surface area contributed by atoms with Crippen LogP contribution in [0.15, 0.2) is 81.8 Å². The molecule has 0 aromatic heterocycles. The predicted octanol–water partition coefficient (Wildman–Crippen LogP) is 7.97. The minimum absolute atomic E-state index is 0.0369. The molecule has 0 fully saturated rings. The molecule has 0 bridgehead atoms. The molecule has 2 aliphatic rings. The number of urea groups is 2. The van der Waals surface area contributed by atoms with Crippen LogP contribution in [0.2, 0.25) is 0 Å². The van der Waals surface area contributed by atoms with Crippen molar-refractivity contribution in [3.63, 3.8) is 0 Å². The highest BCUT2D eigenvalue weighted by Crippen LogP contribution is 2.41. The fourth-order valence-electron chi connectivity index (χ4n) is 9.51. The molecule has 0 spiro atoms. The van der Waals surface area contributed by atoms with E-state index < -0.39 is 30.3 Å². The first kappa shape index (κ1) is 60.5. The summed E-state index contributed by atoms with van der Waals surface area (Å²) in [5.41, 5.74) is 16.5. The molecule has 80 heavy (non-hydrogen) atoms. The highest BCUT2D eigenvalue weighted by Gasteiger charge is 2.28. The summed E-state index contributed by atoms with van der Waals surface area (Å²) in [7, 11) is 7.39. The van der Waals surface area contributed by atoms with E-state index in [2.05, 4.69) is 15.8 Å². The van der Waals surface area contributed by atoms with Gasteiger partial charge in [-0.25, -0.2) is 24.0 Å². The second kappa shape index (κ2) is 27.7. The van der Waals surface area contributed by atoms with E-state index in [-0.39, 0.29) is 77.5 Å². The van der Waals surface area contributed by atoms with Gasteiger partial charge >= 0.3 is 12.1 Å². The molecule has 2 heterocycles. The van der Waals surface area contributed by atoms with E-state index in [0.717, 1.165) is 17.7 Å². The maximum Gasteiger partial charge on any atom is 0.324 e. The summed E-state index contributed by atoms with van der Waals surface area (Å²) in [6, 6.07) is 14.9. The van der Waals surface area contributed by atoms with E-state index >= 15 is 4.39 Å². The third-order valence-corrected chi connectivity index (χ3v) is 13.5. The number of rotatable bonds is 21. The number of aldehydes is 2. The Labute approximate surface area is 466 Å². The fraction of sp³-hybridized carbons (Fsp3) is 0.373. The molecule has 0 unspecified atom stereocenters. The number of aliphatic hydroxyl groups is 1. The maximum absolute atomic E-state index is 16.1. The molecule has 6 rings (SSSR count). The van der Waals surface area contributed by atoms with Crippen molar-refractivity contribution in [3.8, 4) is 28.0 Å². The molecule has 0 saturated carbocycles. The Morgan fingerprint density at radius 1 is 0.650 bits per heavy atom. The van der Waals surface area contributed by atoms with Gasteiger partial charge in [-0.05, 0) is 109 Å². The minimum Gasteiger partial charge on any atom is -0.496 e. The molecule has 0 aliphatic carbocycles. The Morgan fingerprint density at radius 2 is 1.14 bits per heavy atom. The van der Waals surface area contributed by atoms with Crippen molar-refractivity contribution >= 4 is 88.9 Å². The average Bonchev–Trinajstić information content (AvgIpc) is 3.75. The molecule has 21 heteroatoms. The highest BCUT2D eigenvalue weighted by atomic mass is 19.1. The number of aliphatic hydroxyl groups excluding tert-OH is 1. The van der Waals surface area contributed by atoms with Crippen molar-refractivity contribution in [3.05, 3.63) is 99.9 Å². The zero-order valence-electron chi connectivity index (χ0n) is 47.0. The summed E-state index contributed by atoms with van der Waals surface area (Å²) in [6.45, 7) is 9.35. The van der Waals surface area contributed by atoms with Crippen molar-refractivity contribution in [1.82, 2.24) is 30.5 Å². The molecule has 0 radical (unpaired) electrons. The Morgan fingerprint density at radius 3 is 1.64 bits per heavy atom. The number of carbonyl (C=O) groups excluding carboxylic acids is 7. The van der Waals surface area contributed by atoms with Crippen molar-refractivity contribution in [2.24, 2.45) is 15.7 Å². The van der Waals surface area contributed by atoms with Gasteiger partial charge in [0.2, 0.25) is 11.8 Å².